The number of anilines is 5. The molecule has 6 rings (SSSR count). The first-order valence-electron chi connectivity index (χ1n) is 13.6. The molecular weight excluding hydrogens is 596 g/mol. The zero-order chi connectivity index (χ0) is 28.9. The second-order valence-electron chi connectivity index (χ2n) is 9.80. The van der Waals surface area contributed by atoms with Crippen molar-refractivity contribution in [2.45, 2.75) is 6.42 Å². The van der Waals surface area contributed by atoms with Crippen molar-refractivity contribution in [3.63, 3.8) is 0 Å². The molecule has 1 saturated heterocycles. The Morgan fingerprint density at radius 2 is 1.64 bits per heavy atom. The van der Waals surface area contributed by atoms with E-state index in [1.807, 2.05) is 36.4 Å². The van der Waals surface area contributed by atoms with Crippen molar-refractivity contribution >= 4 is 72.9 Å². The summed E-state index contributed by atoms with van der Waals surface area (Å²) in [5, 5.41) is 7.98. The van der Waals surface area contributed by atoms with Crippen LogP contribution in [0, 0.1) is 5.82 Å². The second kappa shape index (κ2) is 13.1. The smallest absolute Gasteiger partial charge is 0.189 e. The fourth-order valence-electron chi connectivity index (χ4n) is 4.72. The fourth-order valence-corrected chi connectivity index (χ4v) is 5.92. The number of halogens is 3. The minimum Gasteiger partial charge on any atom is -0.494 e. The summed E-state index contributed by atoms with van der Waals surface area (Å²) in [6.07, 6.45) is 2.40. The Balaban J connectivity index is 0.967. The van der Waals surface area contributed by atoms with Crippen molar-refractivity contribution in [1.82, 2.24) is 19.9 Å². The van der Waals surface area contributed by atoms with Gasteiger partial charge in [-0.15, -0.1) is 0 Å². The quantitative estimate of drug-likeness (QED) is 0.154. The van der Waals surface area contributed by atoms with Gasteiger partial charge in [-0.1, -0.05) is 34.5 Å². The van der Waals surface area contributed by atoms with E-state index in [-0.39, 0.29) is 5.02 Å². The highest BCUT2D eigenvalue weighted by Gasteiger charge is 2.17. The van der Waals surface area contributed by atoms with Crippen LogP contribution < -0.4 is 20.3 Å². The predicted octanol–water partition coefficient (Wildman–Crippen LogP) is 7.61. The highest BCUT2D eigenvalue weighted by Crippen LogP contribution is 2.33. The van der Waals surface area contributed by atoms with Gasteiger partial charge >= 0.3 is 0 Å². The van der Waals surface area contributed by atoms with Crippen LogP contribution in [0.2, 0.25) is 10.0 Å². The monoisotopic (exact) mass is 623 g/mol. The molecule has 1 aliphatic rings. The minimum atomic E-state index is -0.476. The summed E-state index contributed by atoms with van der Waals surface area (Å²) in [7, 11) is 0. The van der Waals surface area contributed by atoms with Crippen molar-refractivity contribution in [2.24, 2.45) is 0 Å². The van der Waals surface area contributed by atoms with Crippen LogP contribution in [0.25, 0.3) is 10.3 Å². The van der Waals surface area contributed by atoms with Crippen molar-refractivity contribution in [3.05, 3.63) is 88.9 Å². The lowest BCUT2D eigenvalue weighted by atomic mass is 10.2. The Morgan fingerprint density at radius 3 is 2.40 bits per heavy atom. The van der Waals surface area contributed by atoms with Crippen molar-refractivity contribution in [2.75, 3.05) is 54.9 Å². The molecule has 42 heavy (non-hydrogen) atoms. The first-order chi connectivity index (χ1) is 20.5. The summed E-state index contributed by atoms with van der Waals surface area (Å²) >= 11 is 13.3. The van der Waals surface area contributed by atoms with Gasteiger partial charge in [-0.25, -0.2) is 14.4 Å². The van der Waals surface area contributed by atoms with Crippen LogP contribution in [-0.4, -0.2) is 59.2 Å². The largest absolute Gasteiger partial charge is 0.494 e. The van der Waals surface area contributed by atoms with Crippen LogP contribution in [0.3, 0.4) is 0 Å². The summed E-state index contributed by atoms with van der Waals surface area (Å²) < 4.78 is 20.3. The molecule has 0 spiro atoms. The van der Waals surface area contributed by atoms with Gasteiger partial charge in [0.05, 0.1) is 11.6 Å². The van der Waals surface area contributed by atoms with Gasteiger partial charge in [0.2, 0.25) is 0 Å². The number of hydrogen-bond acceptors (Lipinski definition) is 9. The highest BCUT2D eigenvalue weighted by molar-refractivity contribution is 7.22. The van der Waals surface area contributed by atoms with E-state index in [0.29, 0.717) is 28.9 Å². The van der Waals surface area contributed by atoms with Gasteiger partial charge in [-0.3, -0.25) is 4.90 Å². The van der Waals surface area contributed by atoms with Gasteiger partial charge in [0, 0.05) is 54.8 Å². The molecule has 1 fully saturated rings. The molecule has 2 aromatic heterocycles. The van der Waals surface area contributed by atoms with Gasteiger partial charge in [0.15, 0.2) is 16.6 Å². The van der Waals surface area contributed by atoms with E-state index < -0.39 is 5.82 Å². The Hall–Kier alpha value is -3.70. The molecule has 0 saturated carbocycles. The summed E-state index contributed by atoms with van der Waals surface area (Å²) in [6, 6.07) is 20.3. The zero-order valence-electron chi connectivity index (χ0n) is 22.6. The first kappa shape index (κ1) is 28.4. The number of ether oxygens (including phenoxy) is 1. The highest BCUT2D eigenvalue weighted by atomic mass is 35.5. The number of nitrogens with one attached hydrogen (secondary N) is 2. The third-order valence-electron chi connectivity index (χ3n) is 6.93. The average molecular weight is 625 g/mol. The van der Waals surface area contributed by atoms with E-state index in [2.05, 4.69) is 47.5 Å². The third-order valence-corrected chi connectivity index (χ3v) is 8.44. The van der Waals surface area contributed by atoms with E-state index in [4.69, 9.17) is 27.9 Å². The summed E-state index contributed by atoms with van der Waals surface area (Å²) in [5.41, 5.74) is 3.29. The van der Waals surface area contributed by atoms with E-state index in [9.17, 15) is 4.39 Å². The Labute approximate surface area is 257 Å². The first-order valence-corrected chi connectivity index (χ1v) is 15.1. The number of rotatable bonds is 10. The number of nitrogens with zero attached hydrogens (tertiary/aromatic N) is 5. The van der Waals surface area contributed by atoms with Crippen molar-refractivity contribution < 1.29 is 9.13 Å². The molecule has 0 amide bonds. The normalized spacial score (nSPS) is 13.8. The Kier molecular flexibility index (Phi) is 8.85. The maximum absolute atomic E-state index is 13.5. The molecule has 0 bridgehead atoms. The van der Waals surface area contributed by atoms with E-state index >= 15 is 0 Å². The summed E-state index contributed by atoms with van der Waals surface area (Å²) in [6.45, 7) is 5.78. The molecule has 0 aliphatic carbocycles. The van der Waals surface area contributed by atoms with Gasteiger partial charge < -0.3 is 20.3 Å². The lowest BCUT2D eigenvalue weighted by Gasteiger charge is -2.36. The molecule has 3 heterocycles. The van der Waals surface area contributed by atoms with Crippen molar-refractivity contribution in [3.8, 4) is 5.75 Å². The molecule has 5 aromatic rings. The number of fused-ring (bicyclic) bond motifs is 1. The van der Waals surface area contributed by atoms with E-state index in [0.717, 1.165) is 60.3 Å². The lowest BCUT2D eigenvalue weighted by molar-refractivity contribution is 0.225. The fraction of sp³-hybridized carbons (Fsp3) is 0.233. The molecule has 0 unspecified atom stereocenters. The number of piperazine rings is 1. The molecule has 216 valence electrons. The summed E-state index contributed by atoms with van der Waals surface area (Å²) in [5.74, 6) is 0.921. The molecule has 3 aromatic carbocycles. The number of thiazole rings is 1. The number of aromatic nitrogens is 3. The second-order valence-corrected chi connectivity index (χ2v) is 11.6. The van der Waals surface area contributed by atoms with Gasteiger partial charge in [-0.05, 0) is 73.2 Å². The van der Waals surface area contributed by atoms with Gasteiger partial charge in [-0.2, -0.15) is 4.98 Å². The minimum absolute atomic E-state index is 0.0358. The molecule has 12 heteroatoms. The number of benzene rings is 3. The van der Waals surface area contributed by atoms with E-state index in [1.54, 1.807) is 6.07 Å². The Bertz CT molecular complexity index is 1640. The SMILES string of the molecule is Fc1ccc(Nc2ncnc3nc(Nc4ccc(OCCCN5CCN(c6ccc(Cl)cc6)CC5)cc4)sc23)cc1Cl. The van der Waals surface area contributed by atoms with Gasteiger partial charge in [0.25, 0.3) is 0 Å². The van der Waals surface area contributed by atoms with Crippen molar-refractivity contribution in [1.29, 1.82) is 0 Å². The zero-order valence-corrected chi connectivity index (χ0v) is 24.9. The summed E-state index contributed by atoms with van der Waals surface area (Å²) in [4.78, 5) is 18.1. The van der Waals surface area contributed by atoms with Crippen LogP contribution in [0.5, 0.6) is 5.75 Å². The van der Waals surface area contributed by atoms with Crippen LogP contribution >= 0.6 is 34.5 Å². The third kappa shape index (κ3) is 7.01. The van der Waals surface area contributed by atoms with Crippen LogP contribution in [-0.2, 0) is 0 Å². The maximum atomic E-state index is 13.5. The number of hydrogen-bond donors (Lipinski definition) is 2. The molecule has 0 atom stereocenters. The van der Waals surface area contributed by atoms with Crippen LogP contribution in [0.1, 0.15) is 6.42 Å². The lowest BCUT2D eigenvalue weighted by Crippen LogP contribution is -2.46. The molecule has 1 aliphatic heterocycles. The topological polar surface area (TPSA) is 78.4 Å². The van der Waals surface area contributed by atoms with Gasteiger partial charge in [0.1, 0.15) is 22.6 Å². The van der Waals surface area contributed by atoms with E-state index in [1.165, 1.54) is 35.5 Å². The molecular formula is C30H28Cl2FN7OS. The maximum Gasteiger partial charge on any atom is 0.189 e. The Morgan fingerprint density at radius 1 is 0.881 bits per heavy atom. The molecule has 0 radical (unpaired) electrons. The van der Waals surface area contributed by atoms with Crippen LogP contribution in [0.15, 0.2) is 73.1 Å². The average Bonchev–Trinajstić information content (AvgIpc) is 3.42. The standard InChI is InChI=1S/C30H28Cl2FN7OS/c31-20-2-7-23(8-3-20)40-15-13-39(14-16-40)12-1-17-41-24-9-4-21(5-10-24)37-30-38-29-27(42-30)28(34-19-35-29)36-22-6-11-26(33)25(32)18-22/h2-11,18-19H,1,12-17H2,(H2,34,35,36,37,38). The molecule has 2 N–H and O–H groups in total. The van der Waals surface area contributed by atoms with Crippen LogP contribution in [0.4, 0.5) is 32.4 Å². The predicted molar refractivity (Wildman–Crippen MR) is 170 cm³/mol. The molecule has 8 nitrogen and oxygen atoms in total.